The van der Waals surface area contributed by atoms with Gasteiger partial charge in [0.1, 0.15) is 11.6 Å². The summed E-state index contributed by atoms with van der Waals surface area (Å²) in [6.45, 7) is 2.01. The SMILES string of the molecule is Cc1ccc(N2CCCS2(=O)=O)cc1NC(=O)C(=O)Nc1ccc(F)cc1F. The van der Waals surface area contributed by atoms with E-state index in [4.69, 9.17) is 0 Å². The molecule has 7 nitrogen and oxygen atoms in total. The van der Waals surface area contributed by atoms with E-state index in [-0.39, 0.29) is 17.1 Å². The van der Waals surface area contributed by atoms with Crippen molar-refractivity contribution in [2.24, 2.45) is 0 Å². The number of rotatable bonds is 3. The van der Waals surface area contributed by atoms with Gasteiger partial charge in [0.2, 0.25) is 10.0 Å². The molecular formula is C18H17F2N3O4S. The van der Waals surface area contributed by atoms with Crippen LogP contribution in [0.1, 0.15) is 12.0 Å². The van der Waals surface area contributed by atoms with Crippen LogP contribution in [0.2, 0.25) is 0 Å². The fraction of sp³-hybridized carbons (Fsp3) is 0.222. The van der Waals surface area contributed by atoms with E-state index in [1.807, 2.05) is 0 Å². The van der Waals surface area contributed by atoms with Crippen molar-refractivity contribution >= 4 is 38.9 Å². The average Bonchev–Trinajstić information content (AvgIpc) is 2.98. The largest absolute Gasteiger partial charge is 0.317 e. The Bertz CT molecular complexity index is 1060. The first kappa shape index (κ1) is 19.7. The summed E-state index contributed by atoms with van der Waals surface area (Å²) in [5.74, 6) is -4.01. The van der Waals surface area contributed by atoms with Gasteiger partial charge in [-0.05, 0) is 43.2 Å². The normalized spacial score (nSPS) is 15.3. The molecule has 0 spiro atoms. The maximum atomic E-state index is 13.6. The van der Waals surface area contributed by atoms with E-state index < -0.39 is 33.5 Å². The van der Waals surface area contributed by atoms with Crippen molar-refractivity contribution < 1.29 is 26.8 Å². The van der Waals surface area contributed by atoms with Crippen LogP contribution < -0.4 is 14.9 Å². The lowest BCUT2D eigenvalue weighted by Gasteiger charge is -2.19. The minimum atomic E-state index is -3.39. The van der Waals surface area contributed by atoms with Crippen LogP contribution in [0.5, 0.6) is 0 Å². The first-order chi connectivity index (χ1) is 13.2. The predicted octanol–water partition coefficient (Wildman–Crippen LogP) is 2.39. The number of nitrogens with zero attached hydrogens (tertiary/aromatic N) is 1. The smallest absolute Gasteiger partial charge is 0.314 e. The van der Waals surface area contributed by atoms with Gasteiger partial charge in [-0.1, -0.05) is 6.07 Å². The molecule has 0 aromatic heterocycles. The van der Waals surface area contributed by atoms with Crippen LogP contribution in [0.25, 0.3) is 0 Å². The summed E-state index contributed by atoms with van der Waals surface area (Å²) in [5.41, 5.74) is 0.896. The molecule has 2 N–H and O–H groups in total. The maximum Gasteiger partial charge on any atom is 0.314 e. The molecule has 2 amide bonds. The second kappa shape index (κ2) is 7.55. The van der Waals surface area contributed by atoms with Crippen LogP contribution in [0.15, 0.2) is 36.4 Å². The average molecular weight is 409 g/mol. The van der Waals surface area contributed by atoms with Crippen LogP contribution in [-0.2, 0) is 19.6 Å². The number of halogens is 2. The number of amides is 2. The Morgan fingerprint density at radius 1 is 1.00 bits per heavy atom. The molecule has 0 radical (unpaired) electrons. The molecule has 2 aromatic rings. The van der Waals surface area contributed by atoms with E-state index in [2.05, 4.69) is 10.6 Å². The highest BCUT2D eigenvalue weighted by Gasteiger charge is 2.29. The maximum absolute atomic E-state index is 13.6. The predicted molar refractivity (Wildman–Crippen MR) is 101 cm³/mol. The molecule has 1 saturated heterocycles. The van der Waals surface area contributed by atoms with Crippen molar-refractivity contribution in [1.29, 1.82) is 0 Å². The van der Waals surface area contributed by atoms with Gasteiger partial charge in [0, 0.05) is 18.3 Å². The Hall–Kier alpha value is -3.01. The third kappa shape index (κ3) is 4.11. The van der Waals surface area contributed by atoms with Crippen LogP contribution >= 0.6 is 0 Å². The summed E-state index contributed by atoms with van der Waals surface area (Å²) in [6, 6.07) is 7.22. The van der Waals surface area contributed by atoms with Gasteiger partial charge in [-0.15, -0.1) is 0 Å². The van der Waals surface area contributed by atoms with E-state index >= 15 is 0 Å². The van der Waals surface area contributed by atoms with Crippen LogP contribution in [0, 0.1) is 18.6 Å². The summed E-state index contributed by atoms with van der Waals surface area (Å²) < 4.78 is 51.9. The number of aryl methyl sites for hydroxylation is 1. The van der Waals surface area contributed by atoms with Crippen LogP contribution in [-0.4, -0.2) is 32.5 Å². The molecule has 3 rings (SSSR count). The topological polar surface area (TPSA) is 95.6 Å². The molecular weight excluding hydrogens is 392 g/mol. The monoisotopic (exact) mass is 409 g/mol. The van der Waals surface area contributed by atoms with Gasteiger partial charge in [0.15, 0.2) is 0 Å². The van der Waals surface area contributed by atoms with E-state index in [0.717, 1.165) is 12.1 Å². The Kier molecular flexibility index (Phi) is 5.32. The first-order valence-corrected chi connectivity index (χ1v) is 9.97. The molecule has 0 bridgehead atoms. The van der Waals surface area contributed by atoms with E-state index in [1.165, 1.54) is 10.4 Å². The van der Waals surface area contributed by atoms with E-state index in [1.54, 1.807) is 19.1 Å². The second-order valence-corrected chi connectivity index (χ2v) is 8.29. The first-order valence-electron chi connectivity index (χ1n) is 8.36. The summed E-state index contributed by atoms with van der Waals surface area (Å²) in [6.07, 6.45) is 0.504. The number of sulfonamides is 1. The van der Waals surface area contributed by atoms with Gasteiger partial charge in [0.05, 0.1) is 17.1 Å². The number of benzene rings is 2. The summed E-state index contributed by atoms with van der Waals surface area (Å²) >= 11 is 0. The summed E-state index contributed by atoms with van der Waals surface area (Å²) in [7, 11) is -3.39. The molecule has 10 heteroatoms. The molecule has 1 heterocycles. The number of hydrogen-bond acceptors (Lipinski definition) is 4. The van der Waals surface area contributed by atoms with Gasteiger partial charge >= 0.3 is 11.8 Å². The lowest BCUT2D eigenvalue weighted by molar-refractivity contribution is -0.133. The summed E-state index contributed by atoms with van der Waals surface area (Å²) in [4.78, 5) is 24.2. The highest BCUT2D eigenvalue weighted by atomic mass is 32.2. The van der Waals surface area contributed by atoms with Crippen molar-refractivity contribution in [2.45, 2.75) is 13.3 Å². The van der Waals surface area contributed by atoms with Crippen molar-refractivity contribution in [3.05, 3.63) is 53.6 Å². The number of hydrogen-bond donors (Lipinski definition) is 2. The Balaban J connectivity index is 1.76. The fourth-order valence-corrected chi connectivity index (χ4v) is 4.33. The lowest BCUT2D eigenvalue weighted by atomic mass is 10.1. The Morgan fingerprint density at radius 3 is 2.29 bits per heavy atom. The third-order valence-electron chi connectivity index (χ3n) is 4.24. The third-order valence-corrected chi connectivity index (χ3v) is 6.11. The molecule has 2 aromatic carbocycles. The van der Waals surface area contributed by atoms with Gasteiger partial charge in [-0.25, -0.2) is 17.2 Å². The van der Waals surface area contributed by atoms with Crippen LogP contribution in [0.4, 0.5) is 25.8 Å². The minimum absolute atomic E-state index is 0.0498. The zero-order valence-electron chi connectivity index (χ0n) is 14.8. The quantitative estimate of drug-likeness (QED) is 0.761. The van der Waals surface area contributed by atoms with E-state index in [0.29, 0.717) is 30.3 Å². The molecule has 0 aliphatic carbocycles. The minimum Gasteiger partial charge on any atom is -0.317 e. The van der Waals surface area contributed by atoms with Gasteiger partial charge in [-0.3, -0.25) is 13.9 Å². The number of carbonyl (C=O) groups excluding carboxylic acids is 2. The highest BCUT2D eigenvalue weighted by Crippen LogP contribution is 2.28. The Morgan fingerprint density at radius 2 is 1.68 bits per heavy atom. The van der Waals surface area contributed by atoms with Crippen molar-refractivity contribution in [3.8, 4) is 0 Å². The van der Waals surface area contributed by atoms with Crippen molar-refractivity contribution in [2.75, 3.05) is 27.2 Å². The summed E-state index contributed by atoms with van der Waals surface area (Å²) in [5, 5.41) is 4.44. The molecule has 1 fully saturated rings. The lowest BCUT2D eigenvalue weighted by Crippen LogP contribution is -2.30. The molecule has 0 unspecified atom stereocenters. The molecule has 148 valence electrons. The zero-order chi connectivity index (χ0) is 20.5. The molecule has 1 aliphatic heterocycles. The molecule has 28 heavy (non-hydrogen) atoms. The fourth-order valence-electron chi connectivity index (χ4n) is 2.78. The van der Waals surface area contributed by atoms with Gasteiger partial charge in [-0.2, -0.15) is 0 Å². The van der Waals surface area contributed by atoms with Crippen molar-refractivity contribution in [3.63, 3.8) is 0 Å². The number of anilines is 3. The molecule has 0 atom stereocenters. The second-order valence-electron chi connectivity index (χ2n) is 6.27. The highest BCUT2D eigenvalue weighted by molar-refractivity contribution is 7.93. The number of carbonyl (C=O) groups is 2. The van der Waals surface area contributed by atoms with Crippen molar-refractivity contribution in [1.82, 2.24) is 0 Å². The standard InChI is InChI=1S/C18H17F2N3O4S/c1-11-3-5-13(23-7-2-8-28(23,26)27)10-16(11)22-18(25)17(24)21-15-6-4-12(19)9-14(15)20/h3-6,9-10H,2,7-8H2,1H3,(H,21,24)(H,22,25). The molecule has 0 saturated carbocycles. The van der Waals surface area contributed by atoms with Crippen LogP contribution in [0.3, 0.4) is 0 Å². The van der Waals surface area contributed by atoms with Gasteiger partial charge < -0.3 is 10.6 Å². The molecule has 1 aliphatic rings. The Labute approximate surface area is 160 Å². The van der Waals surface area contributed by atoms with E-state index in [9.17, 15) is 26.8 Å². The van der Waals surface area contributed by atoms with Gasteiger partial charge in [0.25, 0.3) is 0 Å². The number of nitrogens with one attached hydrogen (secondary N) is 2. The zero-order valence-corrected chi connectivity index (χ0v) is 15.6.